The van der Waals surface area contributed by atoms with E-state index < -0.39 is 5.97 Å². The molecule has 2 heterocycles. The van der Waals surface area contributed by atoms with Crippen molar-refractivity contribution in [3.63, 3.8) is 0 Å². The number of hydrogen-bond acceptors (Lipinski definition) is 5. The topological polar surface area (TPSA) is 74.1 Å². The number of aryl methyl sites for hydroxylation is 1. The Morgan fingerprint density at radius 1 is 0.966 bits per heavy atom. The second-order valence-corrected chi connectivity index (χ2v) is 7.18. The molecule has 0 aliphatic heterocycles. The fraction of sp³-hybridized carbons (Fsp3) is 0.217. The number of ether oxygens (including phenoxy) is 1. The van der Waals surface area contributed by atoms with Gasteiger partial charge in [0.15, 0.2) is 6.61 Å². The highest BCUT2D eigenvalue weighted by atomic mass is 16.5. The Labute approximate surface area is 167 Å². The molecule has 1 aliphatic rings. The van der Waals surface area contributed by atoms with Crippen molar-refractivity contribution in [2.45, 2.75) is 25.7 Å². The van der Waals surface area contributed by atoms with Crippen LogP contribution in [0.25, 0.3) is 21.9 Å². The highest BCUT2D eigenvalue weighted by molar-refractivity contribution is 6.03. The first-order chi connectivity index (χ1) is 14.2. The molecule has 0 radical (unpaired) electrons. The summed E-state index contributed by atoms with van der Waals surface area (Å²) in [5.74, 6) is -0.807. The predicted molar refractivity (Wildman–Crippen MR) is 109 cm³/mol. The lowest BCUT2D eigenvalue weighted by Gasteiger charge is -2.15. The van der Waals surface area contributed by atoms with Crippen molar-refractivity contribution in [1.29, 1.82) is 0 Å². The molecular weight excluding hydrogens is 366 g/mol. The monoisotopic (exact) mass is 385 g/mol. The first kappa shape index (κ1) is 17.6. The van der Waals surface area contributed by atoms with Gasteiger partial charge in [-0.2, -0.15) is 0 Å². The summed E-state index contributed by atoms with van der Waals surface area (Å²) in [5.41, 5.74) is 4.57. The minimum Gasteiger partial charge on any atom is -0.452 e. The van der Waals surface area contributed by atoms with E-state index in [1.807, 2.05) is 18.2 Å². The fourth-order valence-electron chi connectivity index (χ4n) is 4.21. The quantitative estimate of drug-likeness (QED) is 0.499. The summed E-state index contributed by atoms with van der Waals surface area (Å²) in [4.78, 5) is 34.1. The number of carbonyl (C=O) groups is 2. The first-order valence-corrected chi connectivity index (χ1v) is 9.75. The molecule has 6 heteroatoms. The van der Waals surface area contributed by atoms with Crippen LogP contribution in [-0.2, 0) is 17.6 Å². The van der Waals surface area contributed by atoms with Gasteiger partial charge in [0.2, 0.25) is 0 Å². The number of fused-ring (bicyclic) bond motifs is 4. The summed E-state index contributed by atoms with van der Waals surface area (Å²) >= 11 is 0. The largest absolute Gasteiger partial charge is 0.452 e. The molecule has 4 aromatic rings. The van der Waals surface area contributed by atoms with Crippen LogP contribution in [0.1, 0.15) is 39.3 Å². The fourth-order valence-corrected chi connectivity index (χ4v) is 4.21. The minimum absolute atomic E-state index is 0.232. The van der Waals surface area contributed by atoms with Gasteiger partial charge in [-0.1, -0.05) is 24.3 Å². The lowest BCUT2D eigenvalue weighted by molar-refractivity contribution is 0.0451. The van der Waals surface area contributed by atoms with E-state index in [4.69, 9.17) is 4.74 Å². The standard InChI is InChI=1S/C23H19N3O3/c27-21(14-29-23(28)17-8-5-9-18-22(17)25-13-12-24-18)26-19-10-3-1-6-15(19)16-7-2-4-11-20(16)26/h1,3,5-6,8-10,12-13H,2,4,7,11,14H2. The molecule has 0 amide bonds. The molecule has 0 spiro atoms. The van der Waals surface area contributed by atoms with Crippen molar-refractivity contribution in [3.8, 4) is 0 Å². The maximum absolute atomic E-state index is 13.0. The molecule has 6 nitrogen and oxygen atoms in total. The Bertz CT molecular complexity index is 1250. The van der Waals surface area contributed by atoms with Crippen molar-refractivity contribution in [1.82, 2.24) is 14.5 Å². The van der Waals surface area contributed by atoms with Gasteiger partial charge in [-0.05, 0) is 49.4 Å². The van der Waals surface area contributed by atoms with Gasteiger partial charge in [0, 0.05) is 23.5 Å². The van der Waals surface area contributed by atoms with E-state index in [0.717, 1.165) is 42.3 Å². The van der Waals surface area contributed by atoms with Gasteiger partial charge in [0.25, 0.3) is 5.91 Å². The molecule has 0 unspecified atom stereocenters. The molecule has 5 rings (SSSR count). The Hall–Kier alpha value is -3.54. The molecule has 0 fully saturated rings. The van der Waals surface area contributed by atoms with Gasteiger partial charge in [-0.25, -0.2) is 4.79 Å². The summed E-state index contributed by atoms with van der Waals surface area (Å²) in [6.45, 7) is -0.319. The number of carbonyl (C=O) groups excluding carboxylic acids is 2. The highest BCUT2D eigenvalue weighted by Crippen LogP contribution is 2.32. The van der Waals surface area contributed by atoms with Crippen LogP contribution in [0, 0.1) is 0 Å². The number of nitrogens with zero attached hydrogens (tertiary/aromatic N) is 3. The van der Waals surface area contributed by atoms with E-state index in [9.17, 15) is 9.59 Å². The minimum atomic E-state index is -0.574. The van der Waals surface area contributed by atoms with Gasteiger partial charge >= 0.3 is 5.97 Å². The third-order valence-corrected chi connectivity index (χ3v) is 5.47. The van der Waals surface area contributed by atoms with E-state index in [2.05, 4.69) is 16.0 Å². The summed E-state index contributed by atoms with van der Waals surface area (Å²) in [6.07, 6.45) is 7.13. The molecule has 0 atom stereocenters. The van der Waals surface area contributed by atoms with Crippen LogP contribution >= 0.6 is 0 Å². The summed E-state index contributed by atoms with van der Waals surface area (Å²) in [5, 5.41) is 1.12. The molecule has 0 N–H and O–H groups in total. The smallest absolute Gasteiger partial charge is 0.340 e. The maximum Gasteiger partial charge on any atom is 0.340 e. The number of esters is 1. The summed E-state index contributed by atoms with van der Waals surface area (Å²) < 4.78 is 7.12. The average Bonchev–Trinajstić information content (AvgIpc) is 3.11. The van der Waals surface area contributed by atoms with Gasteiger partial charge < -0.3 is 4.74 Å². The van der Waals surface area contributed by atoms with E-state index in [0.29, 0.717) is 16.6 Å². The zero-order valence-corrected chi connectivity index (χ0v) is 15.8. The second-order valence-electron chi connectivity index (χ2n) is 7.18. The molecule has 144 valence electrons. The predicted octanol–water partition coefficient (Wildman–Crippen LogP) is 3.96. The van der Waals surface area contributed by atoms with E-state index in [-0.39, 0.29) is 12.5 Å². The van der Waals surface area contributed by atoms with Crippen molar-refractivity contribution >= 4 is 33.8 Å². The summed E-state index contributed by atoms with van der Waals surface area (Å²) in [7, 11) is 0. The molecule has 0 bridgehead atoms. The van der Waals surface area contributed by atoms with Crippen molar-refractivity contribution in [2.75, 3.05) is 6.61 Å². The van der Waals surface area contributed by atoms with Crippen LogP contribution in [-0.4, -0.2) is 33.0 Å². The average molecular weight is 385 g/mol. The zero-order valence-electron chi connectivity index (χ0n) is 15.8. The van der Waals surface area contributed by atoms with Crippen LogP contribution in [0.3, 0.4) is 0 Å². The van der Waals surface area contributed by atoms with Crippen molar-refractivity contribution < 1.29 is 14.3 Å². The van der Waals surface area contributed by atoms with E-state index >= 15 is 0 Å². The zero-order chi connectivity index (χ0) is 19.8. The number of rotatable bonds is 3. The lowest BCUT2D eigenvalue weighted by Crippen LogP contribution is -2.23. The molecule has 2 aromatic carbocycles. The third-order valence-electron chi connectivity index (χ3n) is 5.47. The van der Waals surface area contributed by atoms with Crippen LogP contribution < -0.4 is 0 Å². The van der Waals surface area contributed by atoms with Crippen LogP contribution in [0.5, 0.6) is 0 Å². The summed E-state index contributed by atoms with van der Waals surface area (Å²) in [6, 6.07) is 13.1. The van der Waals surface area contributed by atoms with Gasteiger partial charge in [0.05, 0.1) is 16.6 Å². The Kier molecular flexibility index (Phi) is 4.31. The van der Waals surface area contributed by atoms with Gasteiger partial charge in [0.1, 0.15) is 5.52 Å². The van der Waals surface area contributed by atoms with Crippen LogP contribution in [0.15, 0.2) is 54.9 Å². The Morgan fingerprint density at radius 2 is 1.79 bits per heavy atom. The Balaban J connectivity index is 1.44. The number of hydrogen-bond donors (Lipinski definition) is 0. The van der Waals surface area contributed by atoms with E-state index in [1.54, 1.807) is 29.0 Å². The number of para-hydroxylation sites is 2. The highest BCUT2D eigenvalue weighted by Gasteiger charge is 2.24. The van der Waals surface area contributed by atoms with E-state index in [1.165, 1.54) is 11.8 Å². The van der Waals surface area contributed by atoms with Crippen molar-refractivity contribution in [3.05, 3.63) is 71.7 Å². The first-order valence-electron chi connectivity index (χ1n) is 9.75. The molecule has 2 aromatic heterocycles. The molecule has 0 saturated heterocycles. The Morgan fingerprint density at radius 3 is 2.72 bits per heavy atom. The van der Waals surface area contributed by atoms with Crippen LogP contribution in [0.4, 0.5) is 0 Å². The molecule has 29 heavy (non-hydrogen) atoms. The molecular formula is C23H19N3O3. The number of aromatic nitrogens is 3. The number of benzene rings is 2. The molecule has 1 aliphatic carbocycles. The second kappa shape index (κ2) is 7.13. The van der Waals surface area contributed by atoms with Gasteiger partial charge in [-0.15, -0.1) is 0 Å². The SMILES string of the molecule is O=C(OCC(=O)n1c2c(c3ccccc31)CCCC2)c1cccc2nccnc12. The normalized spacial score (nSPS) is 13.4. The lowest BCUT2D eigenvalue weighted by atomic mass is 9.95. The van der Waals surface area contributed by atoms with Crippen LogP contribution in [0.2, 0.25) is 0 Å². The van der Waals surface area contributed by atoms with Crippen molar-refractivity contribution in [2.24, 2.45) is 0 Å². The maximum atomic E-state index is 13.0. The third kappa shape index (κ3) is 2.97. The van der Waals surface area contributed by atoms with Gasteiger partial charge in [-0.3, -0.25) is 19.3 Å². The molecule has 0 saturated carbocycles.